The molecular weight excluding hydrogens is 242 g/mol. The van der Waals surface area contributed by atoms with Crippen molar-refractivity contribution < 1.29 is 9.90 Å². The molecule has 0 radical (unpaired) electrons. The summed E-state index contributed by atoms with van der Waals surface area (Å²) in [6.45, 7) is 5.23. The van der Waals surface area contributed by atoms with E-state index >= 15 is 0 Å². The molecule has 1 heterocycles. The molecule has 5 nitrogen and oxygen atoms in total. The molecule has 0 fully saturated rings. The van der Waals surface area contributed by atoms with E-state index in [0.29, 0.717) is 11.7 Å². The predicted octanol–water partition coefficient (Wildman–Crippen LogP) is 2.17. The van der Waals surface area contributed by atoms with Gasteiger partial charge < -0.3 is 15.3 Å². The van der Waals surface area contributed by atoms with Crippen LogP contribution in [0, 0.1) is 5.92 Å². The van der Waals surface area contributed by atoms with Gasteiger partial charge in [-0.2, -0.15) is 0 Å². The Morgan fingerprint density at radius 3 is 2.63 bits per heavy atom. The quantitative estimate of drug-likeness (QED) is 0.791. The van der Waals surface area contributed by atoms with Crippen molar-refractivity contribution >= 4 is 11.8 Å². The van der Waals surface area contributed by atoms with Crippen molar-refractivity contribution in [2.45, 2.75) is 26.3 Å². The van der Waals surface area contributed by atoms with Gasteiger partial charge in [-0.05, 0) is 38.6 Å². The molecule has 0 aliphatic rings. The number of nitrogens with one attached hydrogen (secondary N) is 1. The Morgan fingerprint density at radius 1 is 1.42 bits per heavy atom. The van der Waals surface area contributed by atoms with Gasteiger partial charge in [-0.15, -0.1) is 0 Å². The molecule has 5 heteroatoms. The molecule has 0 amide bonds. The summed E-state index contributed by atoms with van der Waals surface area (Å²) in [5, 5.41) is 12.3. The standard InChI is InChI=1S/C14H23N3O2/c1-10(2)8-11(9-17(3)4)15-13-7-5-6-12(16-13)14(18)19/h5-7,10-11H,8-9H2,1-4H3,(H,15,16)(H,18,19). The maximum Gasteiger partial charge on any atom is 0.354 e. The number of nitrogens with zero attached hydrogens (tertiary/aromatic N) is 2. The van der Waals surface area contributed by atoms with Gasteiger partial charge in [-0.1, -0.05) is 19.9 Å². The van der Waals surface area contributed by atoms with Crippen molar-refractivity contribution in [3.05, 3.63) is 23.9 Å². The first-order valence-electron chi connectivity index (χ1n) is 6.50. The molecular formula is C14H23N3O2. The van der Waals surface area contributed by atoms with E-state index < -0.39 is 5.97 Å². The fourth-order valence-corrected chi connectivity index (χ4v) is 2.03. The van der Waals surface area contributed by atoms with Gasteiger partial charge in [0.25, 0.3) is 0 Å². The van der Waals surface area contributed by atoms with Crippen molar-refractivity contribution in [2.24, 2.45) is 5.92 Å². The van der Waals surface area contributed by atoms with Crippen molar-refractivity contribution in [3.63, 3.8) is 0 Å². The second-order valence-electron chi connectivity index (χ2n) is 5.45. The number of rotatable bonds is 7. The number of likely N-dealkylation sites (N-methyl/N-ethyl adjacent to an activating group) is 1. The molecule has 0 saturated heterocycles. The SMILES string of the molecule is CC(C)CC(CN(C)C)Nc1cccc(C(=O)O)n1. The summed E-state index contributed by atoms with van der Waals surface area (Å²) in [7, 11) is 4.05. The van der Waals surface area contributed by atoms with Gasteiger partial charge in [0.15, 0.2) is 5.69 Å². The molecule has 1 unspecified atom stereocenters. The number of carboxylic acid groups (broad SMARTS) is 1. The van der Waals surface area contributed by atoms with Crippen LogP contribution in [0.4, 0.5) is 5.82 Å². The number of aromatic nitrogens is 1. The number of carboxylic acids is 1. The van der Waals surface area contributed by atoms with E-state index in [-0.39, 0.29) is 11.7 Å². The molecule has 0 aliphatic carbocycles. The zero-order valence-electron chi connectivity index (χ0n) is 12.1. The molecule has 106 valence electrons. The first-order chi connectivity index (χ1) is 8.88. The summed E-state index contributed by atoms with van der Waals surface area (Å²) in [6.07, 6.45) is 1.01. The molecule has 1 aromatic rings. The third-order valence-corrected chi connectivity index (χ3v) is 2.66. The van der Waals surface area contributed by atoms with Gasteiger partial charge in [0.05, 0.1) is 0 Å². The summed E-state index contributed by atoms with van der Waals surface area (Å²) in [4.78, 5) is 17.1. The molecule has 1 rings (SSSR count). The van der Waals surface area contributed by atoms with Gasteiger partial charge in [0.1, 0.15) is 5.82 Å². The molecule has 1 aromatic heterocycles. The molecule has 1 atom stereocenters. The van der Waals surface area contributed by atoms with Gasteiger partial charge >= 0.3 is 5.97 Å². The second-order valence-corrected chi connectivity index (χ2v) is 5.45. The Bertz CT molecular complexity index is 409. The first-order valence-corrected chi connectivity index (χ1v) is 6.50. The summed E-state index contributed by atoms with van der Waals surface area (Å²) in [6, 6.07) is 5.26. The first kappa shape index (κ1) is 15.4. The third kappa shape index (κ3) is 5.70. The van der Waals surface area contributed by atoms with Crippen molar-refractivity contribution in [3.8, 4) is 0 Å². The highest BCUT2D eigenvalue weighted by Gasteiger charge is 2.13. The van der Waals surface area contributed by atoms with Crippen LogP contribution in [-0.4, -0.2) is 47.6 Å². The largest absolute Gasteiger partial charge is 0.477 e. The molecule has 0 saturated carbocycles. The van der Waals surface area contributed by atoms with Crippen LogP contribution in [0.1, 0.15) is 30.8 Å². The molecule has 0 aliphatic heterocycles. The fraction of sp³-hybridized carbons (Fsp3) is 0.571. The van der Waals surface area contributed by atoms with Gasteiger partial charge in [-0.25, -0.2) is 9.78 Å². The molecule has 19 heavy (non-hydrogen) atoms. The van der Waals surface area contributed by atoms with E-state index in [1.165, 1.54) is 6.07 Å². The summed E-state index contributed by atoms with van der Waals surface area (Å²) < 4.78 is 0. The van der Waals surface area contributed by atoms with E-state index in [9.17, 15) is 4.79 Å². The minimum atomic E-state index is -1.00. The number of carbonyl (C=O) groups is 1. The van der Waals surface area contributed by atoms with Crippen LogP contribution in [0.5, 0.6) is 0 Å². The minimum absolute atomic E-state index is 0.0677. The lowest BCUT2D eigenvalue weighted by atomic mass is 10.0. The monoisotopic (exact) mass is 265 g/mol. The smallest absolute Gasteiger partial charge is 0.354 e. The zero-order chi connectivity index (χ0) is 14.4. The Kier molecular flexibility index (Phi) is 5.76. The highest BCUT2D eigenvalue weighted by molar-refractivity contribution is 5.85. The maximum atomic E-state index is 10.9. The normalized spacial score (nSPS) is 12.7. The van der Waals surface area contributed by atoms with E-state index in [2.05, 4.69) is 29.0 Å². The highest BCUT2D eigenvalue weighted by Crippen LogP contribution is 2.12. The van der Waals surface area contributed by atoms with Crippen molar-refractivity contribution in [1.29, 1.82) is 0 Å². The number of hydrogen-bond donors (Lipinski definition) is 2. The number of aromatic carboxylic acids is 1. The molecule has 2 N–H and O–H groups in total. The van der Waals surface area contributed by atoms with E-state index in [4.69, 9.17) is 5.11 Å². The van der Waals surface area contributed by atoms with Crippen LogP contribution in [0.25, 0.3) is 0 Å². The Balaban J connectivity index is 2.77. The molecule has 0 aromatic carbocycles. The van der Waals surface area contributed by atoms with Crippen LogP contribution in [0.2, 0.25) is 0 Å². The third-order valence-electron chi connectivity index (χ3n) is 2.66. The second kappa shape index (κ2) is 7.09. The number of pyridine rings is 1. The Labute approximate surface area is 114 Å². The lowest BCUT2D eigenvalue weighted by molar-refractivity contribution is 0.0690. The van der Waals surface area contributed by atoms with Crippen LogP contribution in [0.15, 0.2) is 18.2 Å². The summed E-state index contributed by atoms with van der Waals surface area (Å²) in [5.41, 5.74) is 0.0677. The van der Waals surface area contributed by atoms with Crippen LogP contribution >= 0.6 is 0 Å². The maximum absolute atomic E-state index is 10.9. The lowest BCUT2D eigenvalue weighted by Crippen LogP contribution is -2.33. The zero-order valence-corrected chi connectivity index (χ0v) is 12.1. The minimum Gasteiger partial charge on any atom is -0.477 e. The lowest BCUT2D eigenvalue weighted by Gasteiger charge is -2.24. The van der Waals surface area contributed by atoms with Crippen molar-refractivity contribution in [1.82, 2.24) is 9.88 Å². The highest BCUT2D eigenvalue weighted by atomic mass is 16.4. The van der Waals surface area contributed by atoms with E-state index in [1.807, 2.05) is 14.1 Å². The fourth-order valence-electron chi connectivity index (χ4n) is 2.03. The summed E-state index contributed by atoms with van der Waals surface area (Å²) >= 11 is 0. The summed E-state index contributed by atoms with van der Waals surface area (Å²) in [5.74, 6) is 0.184. The average molecular weight is 265 g/mol. The topological polar surface area (TPSA) is 65.5 Å². The number of hydrogen-bond acceptors (Lipinski definition) is 4. The predicted molar refractivity (Wildman–Crippen MR) is 76.6 cm³/mol. The Morgan fingerprint density at radius 2 is 2.11 bits per heavy atom. The molecule has 0 bridgehead atoms. The average Bonchev–Trinajstić information content (AvgIpc) is 2.27. The van der Waals surface area contributed by atoms with Crippen LogP contribution in [-0.2, 0) is 0 Å². The molecule has 0 spiro atoms. The van der Waals surface area contributed by atoms with Crippen LogP contribution in [0.3, 0.4) is 0 Å². The van der Waals surface area contributed by atoms with Gasteiger partial charge in [-0.3, -0.25) is 0 Å². The van der Waals surface area contributed by atoms with Crippen molar-refractivity contribution in [2.75, 3.05) is 26.0 Å². The van der Waals surface area contributed by atoms with Gasteiger partial charge in [0.2, 0.25) is 0 Å². The number of anilines is 1. The van der Waals surface area contributed by atoms with Gasteiger partial charge in [0, 0.05) is 12.6 Å². The van der Waals surface area contributed by atoms with E-state index in [0.717, 1.165) is 13.0 Å². The van der Waals surface area contributed by atoms with E-state index in [1.54, 1.807) is 12.1 Å². The van der Waals surface area contributed by atoms with Crippen LogP contribution < -0.4 is 5.32 Å². The Hall–Kier alpha value is -1.62.